The van der Waals surface area contributed by atoms with Crippen molar-refractivity contribution < 1.29 is 4.74 Å². The maximum Gasteiger partial charge on any atom is 0.251 e. The summed E-state index contributed by atoms with van der Waals surface area (Å²) in [6.45, 7) is 5.62. The number of nitrogens with zero attached hydrogens (tertiary/aromatic N) is 4. The molecule has 0 aliphatic carbocycles. The second-order valence-electron chi connectivity index (χ2n) is 4.30. The van der Waals surface area contributed by atoms with Gasteiger partial charge in [0.1, 0.15) is 4.99 Å². The zero-order valence-corrected chi connectivity index (χ0v) is 12.1. The zero-order valence-electron chi connectivity index (χ0n) is 11.3. The maximum absolute atomic E-state index is 5.74. The fraction of sp³-hybridized carbons (Fsp3) is 0.333. The second kappa shape index (κ2) is 4.93. The van der Waals surface area contributed by atoms with Crippen LogP contribution in [0.15, 0.2) is 6.07 Å². The highest BCUT2D eigenvalue weighted by molar-refractivity contribution is 7.80. The number of hydrogen-bond donors (Lipinski definition) is 1. The van der Waals surface area contributed by atoms with Gasteiger partial charge in [-0.25, -0.2) is 4.68 Å². The van der Waals surface area contributed by atoms with E-state index in [1.54, 1.807) is 17.8 Å². The van der Waals surface area contributed by atoms with Crippen molar-refractivity contribution in [3.63, 3.8) is 0 Å². The predicted octanol–water partition coefficient (Wildman–Crippen LogP) is 1.56. The quantitative estimate of drug-likeness (QED) is 0.858. The van der Waals surface area contributed by atoms with Gasteiger partial charge in [-0.1, -0.05) is 12.2 Å². The number of nitrogens with two attached hydrogens (primary N) is 1. The topological polar surface area (TPSA) is 78.9 Å². The SMILES string of the molecule is Cc1cc(Oc2nnc(C)c(C)c2C(N)=S)n(C)n1. The Bertz CT molecular complexity index is 650. The van der Waals surface area contributed by atoms with E-state index in [-0.39, 0.29) is 4.99 Å². The standard InChI is InChI=1S/C12H15N5OS/c1-6-5-9(17(4)16-6)18-12-10(11(13)19)7(2)8(3)14-15-12/h5H,1-4H3,(H2,13,19). The monoisotopic (exact) mass is 277 g/mol. The highest BCUT2D eigenvalue weighted by atomic mass is 32.1. The van der Waals surface area contributed by atoms with Crippen LogP contribution in [0.4, 0.5) is 0 Å². The van der Waals surface area contributed by atoms with Crippen molar-refractivity contribution in [3.05, 3.63) is 28.6 Å². The van der Waals surface area contributed by atoms with Gasteiger partial charge in [0.05, 0.1) is 17.0 Å². The van der Waals surface area contributed by atoms with Crippen LogP contribution in [0.2, 0.25) is 0 Å². The van der Waals surface area contributed by atoms with Gasteiger partial charge in [-0.2, -0.15) is 10.2 Å². The van der Waals surface area contributed by atoms with Crippen LogP contribution in [-0.4, -0.2) is 25.0 Å². The van der Waals surface area contributed by atoms with Crippen molar-refractivity contribution in [2.24, 2.45) is 12.8 Å². The van der Waals surface area contributed by atoms with Crippen LogP contribution >= 0.6 is 12.2 Å². The van der Waals surface area contributed by atoms with E-state index in [1.165, 1.54) is 0 Å². The molecule has 0 spiro atoms. The van der Waals surface area contributed by atoms with Crippen molar-refractivity contribution in [1.29, 1.82) is 0 Å². The molecule has 2 rings (SSSR count). The number of hydrogen-bond acceptors (Lipinski definition) is 5. The molecule has 0 saturated carbocycles. The summed E-state index contributed by atoms with van der Waals surface area (Å²) in [6, 6.07) is 1.81. The lowest BCUT2D eigenvalue weighted by molar-refractivity contribution is 0.408. The minimum absolute atomic E-state index is 0.240. The molecule has 2 heterocycles. The van der Waals surface area contributed by atoms with Gasteiger partial charge >= 0.3 is 0 Å². The lowest BCUT2D eigenvalue weighted by Crippen LogP contribution is -2.16. The van der Waals surface area contributed by atoms with E-state index in [0.29, 0.717) is 17.3 Å². The summed E-state index contributed by atoms with van der Waals surface area (Å²) >= 11 is 5.06. The molecule has 2 aromatic rings. The Morgan fingerprint density at radius 3 is 2.53 bits per heavy atom. The Balaban J connectivity index is 2.49. The van der Waals surface area contributed by atoms with Crippen LogP contribution in [0.5, 0.6) is 11.8 Å². The summed E-state index contributed by atoms with van der Waals surface area (Å²) in [5.74, 6) is 0.867. The fourth-order valence-corrected chi connectivity index (χ4v) is 1.97. The van der Waals surface area contributed by atoms with Crippen LogP contribution in [0.3, 0.4) is 0 Å². The Hall–Kier alpha value is -2.02. The maximum atomic E-state index is 5.74. The molecule has 19 heavy (non-hydrogen) atoms. The van der Waals surface area contributed by atoms with Crippen LogP contribution in [-0.2, 0) is 7.05 Å². The first-order valence-electron chi connectivity index (χ1n) is 5.72. The third-order valence-corrected chi connectivity index (χ3v) is 3.03. The average Bonchev–Trinajstić information content (AvgIpc) is 2.62. The molecule has 0 fully saturated rings. The molecule has 0 aliphatic rings. The van der Waals surface area contributed by atoms with Crippen molar-refractivity contribution >= 4 is 17.2 Å². The molecule has 0 saturated heterocycles. The number of rotatable bonds is 3. The minimum Gasteiger partial charge on any atom is -0.419 e. The summed E-state index contributed by atoms with van der Waals surface area (Å²) in [4.78, 5) is 0.240. The Morgan fingerprint density at radius 1 is 1.32 bits per heavy atom. The molecule has 100 valence electrons. The first-order valence-corrected chi connectivity index (χ1v) is 6.13. The van der Waals surface area contributed by atoms with E-state index in [4.69, 9.17) is 22.7 Å². The first kappa shape index (κ1) is 13.4. The van der Waals surface area contributed by atoms with Gasteiger partial charge in [-0.3, -0.25) is 0 Å². The van der Waals surface area contributed by atoms with Crippen molar-refractivity contribution in [1.82, 2.24) is 20.0 Å². The van der Waals surface area contributed by atoms with Gasteiger partial charge in [0.15, 0.2) is 0 Å². The number of aromatic nitrogens is 4. The Labute approximate surface area is 116 Å². The lowest BCUT2D eigenvalue weighted by atomic mass is 10.1. The van der Waals surface area contributed by atoms with Gasteiger partial charge in [0, 0.05) is 13.1 Å². The highest BCUT2D eigenvalue weighted by Crippen LogP contribution is 2.26. The van der Waals surface area contributed by atoms with Crippen LogP contribution in [0, 0.1) is 20.8 Å². The summed E-state index contributed by atoms with van der Waals surface area (Å²) in [6.07, 6.45) is 0. The zero-order chi connectivity index (χ0) is 14.2. The third-order valence-electron chi connectivity index (χ3n) is 2.83. The lowest BCUT2D eigenvalue weighted by Gasteiger charge is -2.11. The fourth-order valence-electron chi connectivity index (χ4n) is 1.73. The summed E-state index contributed by atoms with van der Waals surface area (Å²) < 4.78 is 7.34. The molecular formula is C12H15N5OS. The first-order chi connectivity index (χ1) is 8.90. The van der Waals surface area contributed by atoms with Crippen LogP contribution in [0.25, 0.3) is 0 Å². The van der Waals surface area contributed by atoms with Crippen molar-refractivity contribution in [2.75, 3.05) is 0 Å². The molecule has 6 nitrogen and oxygen atoms in total. The highest BCUT2D eigenvalue weighted by Gasteiger charge is 2.17. The molecule has 7 heteroatoms. The minimum atomic E-state index is 0.240. The Kier molecular flexibility index (Phi) is 3.48. The Morgan fingerprint density at radius 2 is 2.00 bits per heavy atom. The van der Waals surface area contributed by atoms with Crippen molar-refractivity contribution in [3.8, 4) is 11.8 Å². The molecule has 0 radical (unpaired) electrons. The van der Waals surface area contributed by atoms with E-state index in [0.717, 1.165) is 17.0 Å². The number of thiocarbonyl (C=S) groups is 1. The van der Waals surface area contributed by atoms with Crippen LogP contribution < -0.4 is 10.5 Å². The van der Waals surface area contributed by atoms with Gasteiger partial charge in [0.2, 0.25) is 5.88 Å². The molecule has 0 aliphatic heterocycles. The van der Waals surface area contributed by atoms with Gasteiger partial charge in [-0.05, 0) is 26.3 Å². The molecule has 0 bridgehead atoms. The third kappa shape index (κ3) is 2.55. The molecule has 0 amide bonds. The smallest absolute Gasteiger partial charge is 0.251 e. The van der Waals surface area contributed by atoms with Gasteiger partial charge < -0.3 is 10.5 Å². The van der Waals surface area contributed by atoms with Gasteiger partial charge in [0.25, 0.3) is 5.88 Å². The second-order valence-corrected chi connectivity index (χ2v) is 4.74. The largest absolute Gasteiger partial charge is 0.419 e. The normalized spacial score (nSPS) is 10.5. The molecule has 0 atom stereocenters. The summed E-state index contributed by atoms with van der Waals surface area (Å²) in [5, 5.41) is 12.3. The van der Waals surface area contributed by atoms with E-state index < -0.39 is 0 Å². The summed E-state index contributed by atoms with van der Waals surface area (Å²) in [7, 11) is 1.79. The molecule has 2 aromatic heterocycles. The van der Waals surface area contributed by atoms with Crippen LogP contribution in [0.1, 0.15) is 22.5 Å². The van der Waals surface area contributed by atoms with E-state index in [1.807, 2.05) is 20.8 Å². The predicted molar refractivity (Wildman–Crippen MR) is 75.4 cm³/mol. The van der Waals surface area contributed by atoms with E-state index >= 15 is 0 Å². The molecular weight excluding hydrogens is 262 g/mol. The van der Waals surface area contributed by atoms with E-state index in [9.17, 15) is 0 Å². The number of aryl methyl sites for hydroxylation is 3. The van der Waals surface area contributed by atoms with Crippen molar-refractivity contribution in [2.45, 2.75) is 20.8 Å². The molecule has 2 N–H and O–H groups in total. The summed E-state index contributed by atoms with van der Waals surface area (Å²) in [5.41, 5.74) is 8.85. The molecule has 0 unspecified atom stereocenters. The average molecular weight is 277 g/mol. The van der Waals surface area contributed by atoms with Gasteiger partial charge in [-0.15, -0.1) is 5.10 Å². The van der Waals surface area contributed by atoms with E-state index in [2.05, 4.69) is 15.3 Å². The molecule has 0 aromatic carbocycles. The number of ether oxygens (including phenoxy) is 1.